The van der Waals surface area contributed by atoms with Gasteiger partial charge >= 0.3 is 11.9 Å². The van der Waals surface area contributed by atoms with Crippen LogP contribution in [0.3, 0.4) is 0 Å². The molecule has 0 N–H and O–H groups in total. The highest BCUT2D eigenvalue weighted by Crippen LogP contribution is 2.38. The van der Waals surface area contributed by atoms with E-state index < -0.39 is 18.5 Å². The number of benzene rings is 1. The Morgan fingerprint density at radius 1 is 1.03 bits per heavy atom. The normalized spacial score (nSPS) is 21.4. The van der Waals surface area contributed by atoms with E-state index in [0.29, 0.717) is 35.0 Å². The summed E-state index contributed by atoms with van der Waals surface area (Å²) in [6, 6.07) is 2.96. The van der Waals surface area contributed by atoms with E-state index in [0.717, 1.165) is 19.3 Å². The second kappa shape index (κ2) is 10.4. The number of ether oxygens (including phenoxy) is 5. The lowest BCUT2D eigenvalue weighted by molar-refractivity contribution is -0.159. The van der Waals surface area contributed by atoms with Crippen molar-refractivity contribution in [1.82, 2.24) is 0 Å². The lowest BCUT2D eigenvalue weighted by Crippen LogP contribution is -2.36. The third kappa shape index (κ3) is 5.78. The van der Waals surface area contributed by atoms with Gasteiger partial charge in [-0.3, -0.25) is 0 Å². The predicted octanol–water partition coefficient (Wildman–Crippen LogP) is 3.87. The van der Waals surface area contributed by atoms with Crippen LogP contribution in [0.15, 0.2) is 12.1 Å². The van der Waals surface area contributed by atoms with Crippen LogP contribution in [0.1, 0.15) is 50.4 Å². The molecule has 0 heterocycles. The quantitative estimate of drug-likeness (QED) is 0.604. The number of carbonyl (C=O) groups excluding carboxylic acids is 2. The summed E-state index contributed by atoms with van der Waals surface area (Å²) < 4.78 is 26.5. The largest absolute Gasteiger partial charge is 0.493 e. The van der Waals surface area contributed by atoms with Gasteiger partial charge in [0.15, 0.2) is 18.1 Å². The lowest BCUT2D eigenvalue weighted by atomic mass is 9.75. The van der Waals surface area contributed by atoms with Gasteiger partial charge < -0.3 is 23.7 Å². The zero-order valence-electron chi connectivity index (χ0n) is 18.2. The van der Waals surface area contributed by atoms with E-state index in [-0.39, 0.29) is 11.7 Å². The van der Waals surface area contributed by atoms with Gasteiger partial charge in [-0.2, -0.15) is 0 Å². The Balaban J connectivity index is 2.00. The Morgan fingerprint density at radius 2 is 1.66 bits per heavy atom. The van der Waals surface area contributed by atoms with Gasteiger partial charge in [0, 0.05) is 0 Å². The molecule has 1 fully saturated rings. The average Bonchev–Trinajstić information content (AvgIpc) is 2.70. The predicted molar refractivity (Wildman–Crippen MR) is 108 cm³/mol. The SMILES string of the molecule is COc1cc(C(=O)OCC(=O)O[C@H]2C[C@@H](C)CC[C@@H]2C(C)C)cc(OC)c1OC. The Morgan fingerprint density at radius 3 is 2.17 bits per heavy atom. The van der Waals surface area contributed by atoms with Gasteiger partial charge in [-0.1, -0.05) is 27.2 Å². The highest BCUT2D eigenvalue weighted by molar-refractivity contribution is 5.92. The molecule has 0 aromatic heterocycles. The minimum absolute atomic E-state index is 0.133. The summed E-state index contributed by atoms with van der Waals surface area (Å²) in [6.45, 7) is 6.02. The molecule has 7 nitrogen and oxygen atoms in total. The fourth-order valence-corrected chi connectivity index (χ4v) is 3.86. The summed E-state index contributed by atoms with van der Waals surface area (Å²) in [5, 5.41) is 0. The first kappa shape index (κ1) is 22.8. The Kier molecular flexibility index (Phi) is 8.17. The van der Waals surface area contributed by atoms with Crippen LogP contribution < -0.4 is 14.2 Å². The first-order valence-corrected chi connectivity index (χ1v) is 9.97. The van der Waals surface area contributed by atoms with Crippen LogP contribution in [0, 0.1) is 17.8 Å². The number of esters is 2. The molecule has 0 saturated heterocycles. The number of carbonyl (C=O) groups is 2. The van der Waals surface area contributed by atoms with Crippen LogP contribution in [0.25, 0.3) is 0 Å². The second-order valence-corrected chi connectivity index (χ2v) is 7.84. The van der Waals surface area contributed by atoms with Crippen molar-refractivity contribution in [1.29, 1.82) is 0 Å². The first-order valence-electron chi connectivity index (χ1n) is 9.97. The van der Waals surface area contributed by atoms with Crippen LogP contribution in [0.4, 0.5) is 0 Å². The van der Waals surface area contributed by atoms with Crippen molar-refractivity contribution < 1.29 is 33.3 Å². The smallest absolute Gasteiger partial charge is 0.344 e. The fraction of sp³-hybridized carbons (Fsp3) is 0.636. The van der Waals surface area contributed by atoms with Crippen molar-refractivity contribution >= 4 is 11.9 Å². The molecule has 0 amide bonds. The van der Waals surface area contributed by atoms with Crippen molar-refractivity contribution in [3.8, 4) is 17.2 Å². The molecular weight excluding hydrogens is 376 g/mol. The number of rotatable bonds is 8. The van der Waals surface area contributed by atoms with Crippen LogP contribution in [0.5, 0.6) is 17.2 Å². The molecule has 0 aliphatic heterocycles. The van der Waals surface area contributed by atoms with Crippen LogP contribution in [0.2, 0.25) is 0 Å². The molecule has 1 aliphatic rings. The molecule has 3 atom stereocenters. The summed E-state index contributed by atoms with van der Waals surface area (Å²) >= 11 is 0. The van der Waals surface area contributed by atoms with Crippen LogP contribution >= 0.6 is 0 Å². The summed E-state index contributed by atoms with van der Waals surface area (Å²) in [5.41, 5.74) is 0.193. The van der Waals surface area contributed by atoms with E-state index in [1.54, 1.807) is 0 Å². The van der Waals surface area contributed by atoms with Crippen molar-refractivity contribution in [3.05, 3.63) is 17.7 Å². The molecule has 0 bridgehead atoms. The molecule has 1 aliphatic carbocycles. The Bertz CT molecular complexity index is 688. The zero-order valence-corrected chi connectivity index (χ0v) is 18.2. The maximum absolute atomic E-state index is 12.4. The lowest BCUT2D eigenvalue weighted by Gasteiger charge is -2.36. The van der Waals surface area contributed by atoms with Gasteiger partial charge in [0.1, 0.15) is 6.10 Å². The van der Waals surface area contributed by atoms with Gasteiger partial charge in [-0.05, 0) is 42.7 Å². The molecule has 0 radical (unpaired) electrons. The molecular formula is C22H32O7. The van der Waals surface area contributed by atoms with Crippen molar-refractivity contribution in [2.45, 2.75) is 46.1 Å². The molecule has 0 unspecified atom stereocenters. The monoisotopic (exact) mass is 408 g/mol. The minimum Gasteiger partial charge on any atom is -0.493 e. The van der Waals surface area contributed by atoms with Gasteiger partial charge in [0.25, 0.3) is 0 Å². The summed E-state index contributed by atoms with van der Waals surface area (Å²) in [5.74, 6) is 1.12. The van der Waals surface area contributed by atoms with E-state index in [2.05, 4.69) is 20.8 Å². The standard InChI is InChI=1S/C22H32O7/c1-13(2)16-8-7-14(3)9-17(16)29-20(23)12-28-22(24)15-10-18(25-4)21(27-6)19(11-15)26-5/h10-11,13-14,16-17H,7-9,12H2,1-6H3/t14-,16+,17-/m0/s1. The van der Waals surface area contributed by atoms with Gasteiger partial charge in [0.2, 0.25) is 5.75 Å². The zero-order chi connectivity index (χ0) is 21.6. The number of hydrogen-bond acceptors (Lipinski definition) is 7. The molecule has 0 spiro atoms. The summed E-state index contributed by atoms with van der Waals surface area (Å²) in [4.78, 5) is 24.7. The Labute approximate surface area is 172 Å². The maximum Gasteiger partial charge on any atom is 0.344 e. The molecule has 7 heteroatoms. The minimum atomic E-state index is -0.668. The highest BCUT2D eigenvalue weighted by atomic mass is 16.6. The molecule has 2 rings (SSSR count). The van der Waals surface area contributed by atoms with E-state index >= 15 is 0 Å². The Hall–Kier alpha value is -2.44. The van der Waals surface area contributed by atoms with Crippen molar-refractivity contribution in [3.63, 3.8) is 0 Å². The number of hydrogen-bond donors (Lipinski definition) is 0. The highest BCUT2D eigenvalue weighted by Gasteiger charge is 2.33. The van der Waals surface area contributed by atoms with Gasteiger partial charge in [-0.25, -0.2) is 9.59 Å². The van der Waals surface area contributed by atoms with Crippen LogP contribution in [-0.4, -0.2) is 46.0 Å². The van der Waals surface area contributed by atoms with Gasteiger partial charge in [-0.15, -0.1) is 0 Å². The van der Waals surface area contributed by atoms with Crippen molar-refractivity contribution in [2.24, 2.45) is 17.8 Å². The van der Waals surface area contributed by atoms with E-state index in [4.69, 9.17) is 23.7 Å². The van der Waals surface area contributed by atoms with Gasteiger partial charge in [0.05, 0.1) is 26.9 Å². The fourth-order valence-electron chi connectivity index (χ4n) is 3.86. The molecule has 1 aromatic rings. The summed E-state index contributed by atoms with van der Waals surface area (Å²) in [6.07, 6.45) is 2.90. The van der Waals surface area contributed by atoms with E-state index in [9.17, 15) is 9.59 Å². The average molecular weight is 408 g/mol. The third-order valence-electron chi connectivity index (χ3n) is 5.47. The summed E-state index contributed by atoms with van der Waals surface area (Å²) in [7, 11) is 4.39. The first-order chi connectivity index (χ1) is 13.8. The maximum atomic E-state index is 12.4. The van der Waals surface area contributed by atoms with E-state index in [1.807, 2.05) is 0 Å². The van der Waals surface area contributed by atoms with Crippen molar-refractivity contribution in [2.75, 3.05) is 27.9 Å². The van der Waals surface area contributed by atoms with Crippen LogP contribution in [-0.2, 0) is 14.3 Å². The third-order valence-corrected chi connectivity index (χ3v) is 5.47. The second-order valence-electron chi connectivity index (χ2n) is 7.84. The molecule has 1 aromatic carbocycles. The number of methoxy groups -OCH3 is 3. The molecule has 162 valence electrons. The molecule has 1 saturated carbocycles. The molecule has 29 heavy (non-hydrogen) atoms. The van der Waals surface area contributed by atoms with E-state index in [1.165, 1.54) is 33.5 Å². The topological polar surface area (TPSA) is 80.3 Å².